The van der Waals surface area contributed by atoms with Crippen molar-refractivity contribution in [2.75, 3.05) is 6.26 Å². The van der Waals surface area contributed by atoms with Crippen LogP contribution < -0.4 is 0 Å². The Hall–Kier alpha value is 0.440. The second-order valence-corrected chi connectivity index (χ2v) is 9.58. The molecule has 0 radical (unpaired) electrons. The van der Waals surface area contributed by atoms with Crippen LogP contribution >= 0.6 is 24.4 Å². The molecule has 19 heavy (non-hydrogen) atoms. The highest BCUT2D eigenvalue weighted by atomic mass is 32.2. The minimum absolute atomic E-state index is 0.0142. The molecule has 0 aromatic rings. The summed E-state index contributed by atoms with van der Waals surface area (Å²) >= 11 is 6.91. The maximum atomic E-state index is 4.90. The maximum absolute atomic E-state index is 4.90. The zero-order valence-electron chi connectivity index (χ0n) is 14.2. The first-order valence-electron chi connectivity index (χ1n) is 7.38. The first kappa shape index (κ1) is 19.4. The molecule has 2 heteroatoms. The summed E-state index contributed by atoms with van der Waals surface area (Å²) in [6.45, 7) is 20.3. The number of thioether (sulfide) groups is 1. The fourth-order valence-corrected chi connectivity index (χ4v) is 4.68. The van der Waals surface area contributed by atoms with Crippen molar-refractivity contribution < 1.29 is 0 Å². The summed E-state index contributed by atoms with van der Waals surface area (Å²) in [7, 11) is 0. The third kappa shape index (κ3) is 4.20. The van der Waals surface area contributed by atoms with E-state index in [1.807, 2.05) is 11.8 Å². The van der Waals surface area contributed by atoms with Crippen LogP contribution in [0.3, 0.4) is 0 Å². The number of rotatable bonds is 8. The Morgan fingerprint density at radius 3 is 1.95 bits per heavy atom. The minimum atomic E-state index is -0.0142. The second kappa shape index (κ2) is 6.93. The van der Waals surface area contributed by atoms with Gasteiger partial charge in [-0.3, -0.25) is 0 Å². The highest BCUT2D eigenvalue weighted by Gasteiger charge is 2.50. The zero-order valence-corrected chi connectivity index (χ0v) is 15.9. The summed E-state index contributed by atoms with van der Waals surface area (Å²) in [6, 6.07) is 0. The van der Waals surface area contributed by atoms with Crippen LogP contribution in [0, 0.1) is 17.3 Å². The zero-order chi connectivity index (χ0) is 15.5. The van der Waals surface area contributed by atoms with E-state index >= 15 is 0 Å². The van der Waals surface area contributed by atoms with Crippen molar-refractivity contribution in [3.63, 3.8) is 0 Å². The SMILES string of the molecule is C=CC(C)C(C(C)(CCC)SC)C(C)(C)C(C)(C)S. The van der Waals surface area contributed by atoms with Gasteiger partial charge in [0.05, 0.1) is 0 Å². The van der Waals surface area contributed by atoms with Crippen molar-refractivity contribution in [2.24, 2.45) is 17.3 Å². The lowest BCUT2D eigenvalue weighted by Crippen LogP contribution is -2.51. The summed E-state index contributed by atoms with van der Waals surface area (Å²) in [4.78, 5) is 0. The van der Waals surface area contributed by atoms with Gasteiger partial charge in [-0.2, -0.15) is 24.4 Å². The number of thiol groups is 1. The fraction of sp³-hybridized carbons (Fsp3) is 0.882. The van der Waals surface area contributed by atoms with Gasteiger partial charge >= 0.3 is 0 Å². The first-order chi connectivity index (χ1) is 8.47. The molecule has 0 amide bonds. The van der Waals surface area contributed by atoms with Crippen LogP contribution in [0.2, 0.25) is 0 Å². The van der Waals surface area contributed by atoms with Gasteiger partial charge < -0.3 is 0 Å². The largest absolute Gasteiger partial charge is 0.173 e. The van der Waals surface area contributed by atoms with Crippen LogP contribution in [-0.2, 0) is 0 Å². The van der Waals surface area contributed by atoms with Crippen LogP contribution in [0.25, 0.3) is 0 Å². The summed E-state index contributed by atoms with van der Waals surface area (Å²) < 4.78 is 0.255. The van der Waals surface area contributed by atoms with E-state index in [4.69, 9.17) is 12.6 Å². The molecule has 0 saturated carbocycles. The van der Waals surface area contributed by atoms with Gasteiger partial charge in [0.25, 0.3) is 0 Å². The Morgan fingerprint density at radius 2 is 1.68 bits per heavy atom. The monoisotopic (exact) mass is 302 g/mol. The molecule has 114 valence electrons. The molecule has 0 aromatic heterocycles. The van der Waals surface area contributed by atoms with Crippen molar-refractivity contribution in [1.82, 2.24) is 0 Å². The third-order valence-corrected chi connectivity index (χ3v) is 7.09. The third-order valence-electron chi connectivity index (χ3n) is 5.12. The van der Waals surface area contributed by atoms with Crippen molar-refractivity contribution in [1.29, 1.82) is 0 Å². The molecule has 3 unspecified atom stereocenters. The summed E-state index contributed by atoms with van der Waals surface area (Å²) in [5.74, 6) is 1.05. The normalized spacial score (nSPS) is 19.6. The number of allylic oxidation sites excluding steroid dienone is 1. The van der Waals surface area contributed by atoms with Crippen LogP contribution in [0.15, 0.2) is 12.7 Å². The van der Waals surface area contributed by atoms with Gasteiger partial charge in [0.2, 0.25) is 0 Å². The van der Waals surface area contributed by atoms with Gasteiger partial charge in [-0.25, -0.2) is 0 Å². The van der Waals surface area contributed by atoms with E-state index in [1.54, 1.807) is 0 Å². The molecule has 0 spiro atoms. The second-order valence-electron chi connectivity index (χ2n) is 7.12. The lowest BCUT2D eigenvalue weighted by atomic mass is 9.60. The highest BCUT2D eigenvalue weighted by molar-refractivity contribution is 8.00. The topological polar surface area (TPSA) is 0 Å². The summed E-state index contributed by atoms with van der Waals surface area (Å²) in [6.07, 6.45) is 6.83. The standard InChI is InChI=1S/C17H34S2/c1-10-12-17(8,19-9)14(13(3)11-2)15(4,5)16(6,7)18/h11,13-14,18H,2,10,12H2,1,3-9H3. The van der Waals surface area contributed by atoms with Crippen molar-refractivity contribution in [2.45, 2.75) is 70.8 Å². The molecular formula is C17H34S2. The number of hydrogen-bond acceptors (Lipinski definition) is 2. The lowest BCUT2D eigenvalue weighted by molar-refractivity contribution is 0.0912. The van der Waals surface area contributed by atoms with Crippen molar-refractivity contribution in [3.8, 4) is 0 Å². The quantitative estimate of drug-likeness (QED) is 0.419. The lowest BCUT2D eigenvalue weighted by Gasteiger charge is -2.53. The molecule has 3 atom stereocenters. The Morgan fingerprint density at radius 1 is 1.21 bits per heavy atom. The predicted octanol–water partition coefficient (Wildman–Crippen LogP) is 6.08. The van der Waals surface area contributed by atoms with E-state index < -0.39 is 0 Å². The number of hydrogen-bond donors (Lipinski definition) is 1. The van der Waals surface area contributed by atoms with Crippen LogP contribution in [0.4, 0.5) is 0 Å². The molecule has 0 saturated heterocycles. The van der Waals surface area contributed by atoms with Crippen LogP contribution in [-0.4, -0.2) is 15.7 Å². The van der Waals surface area contributed by atoms with Gasteiger partial charge in [0.1, 0.15) is 0 Å². The predicted molar refractivity (Wildman–Crippen MR) is 96.5 cm³/mol. The Bertz CT molecular complexity index is 288. The molecule has 0 N–H and O–H groups in total. The molecule has 0 aliphatic carbocycles. The van der Waals surface area contributed by atoms with Crippen molar-refractivity contribution in [3.05, 3.63) is 12.7 Å². The van der Waals surface area contributed by atoms with Gasteiger partial charge in [0.15, 0.2) is 0 Å². The molecular weight excluding hydrogens is 268 g/mol. The average Bonchev–Trinajstić information content (AvgIpc) is 2.27. The van der Waals surface area contributed by atoms with E-state index in [1.165, 1.54) is 12.8 Å². The molecule has 0 fully saturated rings. The molecule has 0 aromatic carbocycles. The maximum Gasteiger partial charge on any atom is 0.0168 e. The van der Waals surface area contributed by atoms with Crippen LogP contribution in [0.1, 0.15) is 61.3 Å². The minimum Gasteiger partial charge on any atom is -0.173 e. The van der Waals surface area contributed by atoms with Crippen molar-refractivity contribution >= 4 is 24.4 Å². The smallest absolute Gasteiger partial charge is 0.0168 e. The van der Waals surface area contributed by atoms with Gasteiger partial charge in [0, 0.05) is 9.49 Å². The van der Waals surface area contributed by atoms with Gasteiger partial charge in [-0.15, -0.1) is 6.58 Å². The highest BCUT2D eigenvalue weighted by Crippen LogP contribution is 2.54. The van der Waals surface area contributed by atoms with E-state index in [-0.39, 0.29) is 14.9 Å². The molecule has 0 aliphatic rings. The van der Waals surface area contributed by atoms with E-state index in [2.05, 4.69) is 67.4 Å². The fourth-order valence-electron chi connectivity index (χ4n) is 3.37. The summed E-state index contributed by atoms with van der Waals surface area (Å²) in [5, 5.41) is 0. The average molecular weight is 303 g/mol. The summed E-state index contributed by atoms with van der Waals surface area (Å²) in [5.41, 5.74) is 0.136. The molecule has 0 nitrogen and oxygen atoms in total. The van der Waals surface area contributed by atoms with E-state index in [0.717, 1.165) is 0 Å². The first-order valence-corrected chi connectivity index (χ1v) is 9.05. The van der Waals surface area contributed by atoms with Crippen LogP contribution in [0.5, 0.6) is 0 Å². The van der Waals surface area contributed by atoms with E-state index in [0.29, 0.717) is 11.8 Å². The molecule has 0 bridgehead atoms. The Kier molecular flexibility index (Phi) is 7.09. The van der Waals surface area contributed by atoms with E-state index in [9.17, 15) is 0 Å². The van der Waals surface area contributed by atoms with Gasteiger partial charge in [-0.05, 0) is 29.9 Å². The molecule has 0 rings (SSSR count). The Balaban J connectivity index is 5.75. The Labute approximate surface area is 131 Å². The van der Waals surface area contributed by atoms with Gasteiger partial charge in [-0.1, -0.05) is 61.0 Å². The molecule has 0 heterocycles. The molecule has 0 aliphatic heterocycles.